The van der Waals surface area contributed by atoms with E-state index >= 15 is 0 Å². The molecule has 2 unspecified atom stereocenters. The lowest BCUT2D eigenvalue weighted by molar-refractivity contribution is -0.110. The molecule has 1 rings (SSSR count). The zero-order valence-corrected chi connectivity index (χ0v) is 9.93. The number of hydrogen-bond acceptors (Lipinski definition) is 6. The molecule has 0 spiro atoms. The van der Waals surface area contributed by atoms with Gasteiger partial charge in [0.1, 0.15) is 11.1 Å². The maximum Gasteiger partial charge on any atom is 0.334 e. The molecule has 0 aliphatic carbocycles. The summed E-state index contributed by atoms with van der Waals surface area (Å²) in [5.74, 6) is 0. The lowest BCUT2D eigenvalue weighted by Gasteiger charge is -2.40. The van der Waals surface area contributed by atoms with Crippen LogP contribution in [0.2, 0.25) is 0 Å². The number of aromatic nitrogens is 3. The summed E-state index contributed by atoms with van der Waals surface area (Å²) in [4.78, 5) is 37.7. The van der Waals surface area contributed by atoms with E-state index < -0.39 is 41.4 Å². The SMILES string of the molecule is CC(O)(CO)C(C)(CO)n1c(=O)[nH]c(=O)[nH]c1=O. The molecule has 2 atom stereocenters. The first-order valence-corrected chi connectivity index (χ1v) is 5.10. The predicted octanol–water partition coefficient (Wildman–Crippen LogP) is -3.32. The molecule has 9 nitrogen and oxygen atoms in total. The van der Waals surface area contributed by atoms with Crippen molar-refractivity contribution in [1.29, 1.82) is 0 Å². The van der Waals surface area contributed by atoms with Gasteiger partial charge in [0.25, 0.3) is 0 Å². The lowest BCUT2D eigenvalue weighted by Crippen LogP contribution is -2.64. The minimum Gasteiger partial charge on any atom is -0.394 e. The van der Waals surface area contributed by atoms with E-state index in [1.807, 2.05) is 9.97 Å². The Labute approximate surface area is 100 Å². The molecule has 9 heteroatoms. The molecule has 0 amide bonds. The van der Waals surface area contributed by atoms with E-state index in [4.69, 9.17) is 5.11 Å². The molecule has 102 valence electrons. The Bertz CT molecular complexity index is 563. The predicted molar refractivity (Wildman–Crippen MR) is 60.4 cm³/mol. The molecule has 5 N–H and O–H groups in total. The molecule has 0 bridgehead atoms. The van der Waals surface area contributed by atoms with Crippen molar-refractivity contribution in [3.8, 4) is 0 Å². The quantitative estimate of drug-likeness (QED) is 0.383. The average molecular weight is 261 g/mol. The molecule has 0 saturated carbocycles. The second-order valence-corrected chi connectivity index (χ2v) is 4.39. The highest BCUT2D eigenvalue weighted by atomic mass is 16.3. The van der Waals surface area contributed by atoms with Crippen molar-refractivity contribution < 1.29 is 15.3 Å². The number of hydrogen-bond donors (Lipinski definition) is 5. The van der Waals surface area contributed by atoms with Crippen molar-refractivity contribution in [3.05, 3.63) is 31.5 Å². The van der Waals surface area contributed by atoms with E-state index in [1.165, 1.54) is 6.92 Å². The normalized spacial score (nSPS) is 18.1. The minimum absolute atomic E-state index is 0.463. The fourth-order valence-corrected chi connectivity index (χ4v) is 1.53. The van der Waals surface area contributed by atoms with Gasteiger partial charge in [-0.3, -0.25) is 9.97 Å². The Kier molecular flexibility index (Phi) is 3.60. The van der Waals surface area contributed by atoms with E-state index in [1.54, 1.807) is 0 Å². The van der Waals surface area contributed by atoms with Crippen molar-refractivity contribution in [2.24, 2.45) is 0 Å². The van der Waals surface area contributed by atoms with Crippen LogP contribution in [0.25, 0.3) is 0 Å². The van der Waals surface area contributed by atoms with Gasteiger partial charge in [-0.2, -0.15) is 0 Å². The summed E-state index contributed by atoms with van der Waals surface area (Å²) in [5, 5.41) is 28.4. The second kappa shape index (κ2) is 4.52. The van der Waals surface area contributed by atoms with E-state index in [9.17, 15) is 24.6 Å². The number of aromatic amines is 2. The maximum atomic E-state index is 11.6. The summed E-state index contributed by atoms with van der Waals surface area (Å²) in [6.07, 6.45) is 0. The smallest absolute Gasteiger partial charge is 0.334 e. The zero-order valence-electron chi connectivity index (χ0n) is 9.93. The van der Waals surface area contributed by atoms with Gasteiger partial charge in [-0.25, -0.2) is 19.0 Å². The molecule has 1 aromatic heterocycles. The van der Waals surface area contributed by atoms with Crippen LogP contribution in [-0.2, 0) is 5.54 Å². The summed E-state index contributed by atoms with van der Waals surface area (Å²) in [7, 11) is 0. The largest absolute Gasteiger partial charge is 0.394 e. The van der Waals surface area contributed by atoms with Crippen molar-refractivity contribution in [2.45, 2.75) is 25.0 Å². The third-order valence-corrected chi connectivity index (χ3v) is 3.12. The van der Waals surface area contributed by atoms with E-state index in [0.29, 0.717) is 4.57 Å². The highest BCUT2D eigenvalue weighted by Gasteiger charge is 2.46. The molecule has 18 heavy (non-hydrogen) atoms. The van der Waals surface area contributed by atoms with Crippen LogP contribution in [0.3, 0.4) is 0 Å². The zero-order chi connectivity index (χ0) is 14.1. The van der Waals surface area contributed by atoms with Gasteiger partial charge in [-0.15, -0.1) is 0 Å². The third-order valence-electron chi connectivity index (χ3n) is 3.12. The topological polar surface area (TPSA) is 148 Å². The van der Waals surface area contributed by atoms with Crippen LogP contribution in [0.1, 0.15) is 13.8 Å². The Balaban J connectivity index is 3.68. The fraction of sp³-hybridized carbons (Fsp3) is 0.667. The highest BCUT2D eigenvalue weighted by Crippen LogP contribution is 2.26. The molecular weight excluding hydrogens is 246 g/mol. The molecule has 0 aromatic carbocycles. The number of H-pyrrole nitrogens is 2. The minimum atomic E-state index is -1.95. The number of nitrogens with one attached hydrogen (secondary N) is 2. The Morgan fingerprint density at radius 3 is 1.83 bits per heavy atom. The van der Waals surface area contributed by atoms with Gasteiger partial charge in [0.2, 0.25) is 0 Å². The Hall–Kier alpha value is -1.71. The van der Waals surface area contributed by atoms with Gasteiger partial charge in [0.15, 0.2) is 0 Å². The second-order valence-electron chi connectivity index (χ2n) is 4.39. The summed E-state index contributed by atoms with van der Waals surface area (Å²) in [6.45, 7) is 0.767. The van der Waals surface area contributed by atoms with Gasteiger partial charge in [-0.05, 0) is 13.8 Å². The van der Waals surface area contributed by atoms with Gasteiger partial charge < -0.3 is 15.3 Å². The van der Waals surface area contributed by atoms with Crippen LogP contribution in [0.15, 0.2) is 14.4 Å². The Morgan fingerprint density at radius 1 is 1.06 bits per heavy atom. The van der Waals surface area contributed by atoms with Crippen molar-refractivity contribution >= 4 is 0 Å². The van der Waals surface area contributed by atoms with Crippen molar-refractivity contribution in [2.75, 3.05) is 13.2 Å². The van der Waals surface area contributed by atoms with E-state index in [0.717, 1.165) is 6.92 Å². The summed E-state index contributed by atoms with van der Waals surface area (Å²) < 4.78 is 0.463. The molecule has 1 aromatic rings. The molecule has 0 aliphatic rings. The number of aliphatic hydroxyl groups excluding tert-OH is 2. The van der Waals surface area contributed by atoms with Crippen LogP contribution in [-0.4, -0.2) is 48.7 Å². The first kappa shape index (κ1) is 14.4. The number of aliphatic hydroxyl groups is 3. The molecule has 0 saturated heterocycles. The maximum absolute atomic E-state index is 11.6. The van der Waals surface area contributed by atoms with Crippen LogP contribution in [0, 0.1) is 0 Å². The molecule has 0 radical (unpaired) electrons. The van der Waals surface area contributed by atoms with E-state index in [2.05, 4.69) is 0 Å². The Morgan fingerprint density at radius 2 is 1.50 bits per heavy atom. The summed E-state index contributed by atoms with van der Waals surface area (Å²) in [5.41, 5.74) is -6.92. The first-order chi connectivity index (χ1) is 8.19. The molecule has 0 fully saturated rings. The van der Waals surface area contributed by atoms with Crippen molar-refractivity contribution in [1.82, 2.24) is 14.5 Å². The van der Waals surface area contributed by atoms with Crippen LogP contribution >= 0.6 is 0 Å². The monoisotopic (exact) mass is 261 g/mol. The lowest BCUT2D eigenvalue weighted by atomic mass is 9.83. The van der Waals surface area contributed by atoms with Crippen LogP contribution in [0.5, 0.6) is 0 Å². The number of nitrogens with zero attached hydrogens (tertiary/aromatic N) is 1. The molecule has 1 heterocycles. The third kappa shape index (κ3) is 2.03. The standard InChI is InChI=1S/C9H15N3O6/c1-8(3-13,9(2,18)4-14)12-6(16)10-5(15)11-7(12)17/h13-14,18H,3-4H2,1-2H3,(H2,10,11,15,16,17). The van der Waals surface area contributed by atoms with Crippen LogP contribution < -0.4 is 17.1 Å². The fourth-order valence-electron chi connectivity index (χ4n) is 1.53. The number of rotatable bonds is 4. The summed E-state index contributed by atoms with van der Waals surface area (Å²) >= 11 is 0. The van der Waals surface area contributed by atoms with Gasteiger partial charge in [0.05, 0.1) is 13.2 Å². The highest BCUT2D eigenvalue weighted by molar-refractivity contribution is 4.99. The first-order valence-electron chi connectivity index (χ1n) is 5.10. The molecular formula is C9H15N3O6. The molecule has 0 aliphatic heterocycles. The van der Waals surface area contributed by atoms with Crippen LogP contribution in [0.4, 0.5) is 0 Å². The van der Waals surface area contributed by atoms with Gasteiger partial charge in [-0.1, -0.05) is 0 Å². The average Bonchev–Trinajstić information content (AvgIpc) is 2.26. The van der Waals surface area contributed by atoms with E-state index in [-0.39, 0.29) is 0 Å². The van der Waals surface area contributed by atoms with Gasteiger partial charge >= 0.3 is 17.1 Å². The van der Waals surface area contributed by atoms with Gasteiger partial charge in [0, 0.05) is 0 Å². The van der Waals surface area contributed by atoms with Crippen molar-refractivity contribution in [3.63, 3.8) is 0 Å². The summed E-state index contributed by atoms with van der Waals surface area (Å²) in [6, 6.07) is 0.